The van der Waals surface area contributed by atoms with Gasteiger partial charge in [-0.2, -0.15) is 0 Å². The summed E-state index contributed by atoms with van der Waals surface area (Å²) >= 11 is 13.6. The molecule has 0 N–H and O–H groups in total. The highest BCUT2D eigenvalue weighted by molar-refractivity contribution is 7.98. The average molecular weight is 342 g/mol. The van der Waals surface area contributed by atoms with Crippen molar-refractivity contribution >= 4 is 46.1 Å². The first-order chi connectivity index (χ1) is 10.1. The molecule has 3 rings (SSSR count). The summed E-state index contributed by atoms with van der Waals surface area (Å²) in [6, 6.07) is 8.34. The lowest BCUT2D eigenvalue weighted by Gasteiger charge is -2.00. The Kier molecular flexibility index (Phi) is 4.11. The molecular formula is C15H10Cl2FNOS. The van der Waals surface area contributed by atoms with Gasteiger partial charge in [0.15, 0.2) is 5.58 Å². The molecule has 0 fully saturated rings. The van der Waals surface area contributed by atoms with Crippen molar-refractivity contribution in [2.45, 2.75) is 17.9 Å². The van der Waals surface area contributed by atoms with Crippen LogP contribution in [0.3, 0.4) is 0 Å². The summed E-state index contributed by atoms with van der Waals surface area (Å²) in [5.41, 5.74) is 2.47. The van der Waals surface area contributed by atoms with Crippen LogP contribution >= 0.6 is 35.0 Å². The van der Waals surface area contributed by atoms with E-state index in [0.29, 0.717) is 37.7 Å². The zero-order valence-corrected chi connectivity index (χ0v) is 13.3. The van der Waals surface area contributed by atoms with Gasteiger partial charge in [0.1, 0.15) is 11.3 Å². The lowest BCUT2D eigenvalue weighted by Crippen LogP contribution is -1.86. The van der Waals surface area contributed by atoms with Crippen molar-refractivity contribution in [1.29, 1.82) is 0 Å². The van der Waals surface area contributed by atoms with Crippen LogP contribution in [0.4, 0.5) is 4.39 Å². The maximum atomic E-state index is 13.6. The smallest absolute Gasteiger partial charge is 0.257 e. The summed E-state index contributed by atoms with van der Waals surface area (Å²) in [6.07, 6.45) is 0. The van der Waals surface area contributed by atoms with Gasteiger partial charge in [-0.15, -0.1) is 0 Å². The van der Waals surface area contributed by atoms with Crippen molar-refractivity contribution in [3.63, 3.8) is 0 Å². The molecule has 2 nitrogen and oxygen atoms in total. The normalized spacial score (nSPS) is 11.2. The summed E-state index contributed by atoms with van der Waals surface area (Å²) in [4.78, 5) is 4.33. The van der Waals surface area contributed by atoms with Crippen LogP contribution < -0.4 is 0 Å². The van der Waals surface area contributed by atoms with Gasteiger partial charge in [-0.3, -0.25) is 0 Å². The first kappa shape index (κ1) is 14.7. The molecule has 0 saturated heterocycles. The predicted molar refractivity (Wildman–Crippen MR) is 84.7 cm³/mol. The molecule has 3 aromatic rings. The number of hydrogen-bond donors (Lipinski definition) is 0. The van der Waals surface area contributed by atoms with Crippen molar-refractivity contribution in [3.8, 4) is 0 Å². The van der Waals surface area contributed by atoms with E-state index < -0.39 is 0 Å². The average Bonchev–Trinajstić information content (AvgIpc) is 2.87. The van der Waals surface area contributed by atoms with E-state index in [-0.39, 0.29) is 5.82 Å². The summed E-state index contributed by atoms with van der Waals surface area (Å²) in [5, 5.41) is 1.45. The van der Waals surface area contributed by atoms with Crippen molar-refractivity contribution in [3.05, 3.63) is 57.3 Å². The molecule has 21 heavy (non-hydrogen) atoms. The fourth-order valence-electron chi connectivity index (χ4n) is 1.89. The minimum Gasteiger partial charge on any atom is -0.430 e. The number of halogens is 3. The van der Waals surface area contributed by atoms with Crippen LogP contribution in [0.2, 0.25) is 10.0 Å². The molecule has 0 amide bonds. The third-order valence-electron chi connectivity index (χ3n) is 3.09. The van der Waals surface area contributed by atoms with Crippen molar-refractivity contribution in [1.82, 2.24) is 4.98 Å². The molecule has 0 bridgehead atoms. The quantitative estimate of drug-likeness (QED) is 0.557. The Morgan fingerprint density at radius 2 is 2.05 bits per heavy atom. The molecular weight excluding hydrogens is 332 g/mol. The van der Waals surface area contributed by atoms with Crippen molar-refractivity contribution in [2.24, 2.45) is 0 Å². The van der Waals surface area contributed by atoms with Gasteiger partial charge in [0.05, 0.1) is 5.02 Å². The Labute approximate surface area is 135 Å². The number of aromatic nitrogens is 1. The van der Waals surface area contributed by atoms with E-state index in [0.717, 1.165) is 5.56 Å². The van der Waals surface area contributed by atoms with Gasteiger partial charge in [-0.1, -0.05) is 53.2 Å². The largest absolute Gasteiger partial charge is 0.430 e. The number of rotatable bonds is 3. The minimum atomic E-state index is -0.238. The number of nitrogens with zero attached hydrogens (tertiary/aromatic N) is 1. The highest BCUT2D eigenvalue weighted by Gasteiger charge is 2.14. The second kappa shape index (κ2) is 5.87. The molecule has 0 aliphatic carbocycles. The molecule has 1 aromatic heterocycles. The topological polar surface area (TPSA) is 26.0 Å². The van der Waals surface area contributed by atoms with Crippen LogP contribution in [-0.2, 0) is 5.75 Å². The van der Waals surface area contributed by atoms with E-state index in [2.05, 4.69) is 4.98 Å². The van der Waals surface area contributed by atoms with Gasteiger partial charge in [0.25, 0.3) is 5.22 Å². The SMILES string of the molecule is Cc1c(Cl)cc2nc(SCc3ccccc3F)oc2c1Cl. The molecule has 0 saturated carbocycles. The molecule has 6 heteroatoms. The zero-order chi connectivity index (χ0) is 15.0. The fraction of sp³-hybridized carbons (Fsp3) is 0.133. The zero-order valence-electron chi connectivity index (χ0n) is 11.0. The molecule has 2 aromatic carbocycles. The molecule has 0 unspecified atom stereocenters. The molecule has 0 aliphatic rings. The standard InChI is InChI=1S/C15H10Cl2FNOS/c1-8-10(16)6-12-14(13(8)17)20-15(19-12)21-7-9-4-2-3-5-11(9)18/h2-6H,7H2,1H3. The van der Waals surface area contributed by atoms with Crippen LogP contribution in [0, 0.1) is 12.7 Å². The minimum absolute atomic E-state index is 0.238. The van der Waals surface area contributed by atoms with Gasteiger partial charge < -0.3 is 4.42 Å². The highest BCUT2D eigenvalue weighted by atomic mass is 35.5. The van der Waals surface area contributed by atoms with E-state index in [1.54, 1.807) is 24.3 Å². The lowest BCUT2D eigenvalue weighted by atomic mass is 10.2. The molecule has 108 valence electrons. The molecule has 0 radical (unpaired) electrons. The molecule has 1 heterocycles. The van der Waals surface area contributed by atoms with Gasteiger partial charge in [-0.05, 0) is 30.2 Å². The summed E-state index contributed by atoms with van der Waals surface area (Å²) < 4.78 is 19.2. The fourth-order valence-corrected chi connectivity index (χ4v) is 3.19. The Balaban J connectivity index is 1.89. The van der Waals surface area contributed by atoms with E-state index in [4.69, 9.17) is 27.6 Å². The Bertz CT molecular complexity index is 819. The number of thioether (sulfide) groups is 1. The Morgan fingerprint density at radius 1 is 1.29 bits per heavy atom. The van der Waals surface area contributed by atoms with Crippen LogP contribution in [0.25, 0.3) is 11.1 Å². The van der Waals surface area contributed by atoms with Gasteiger partial charge in [-0.25, -0.2) is 9.37 Å². The predicted octanol–water partition coefficient (Wildman–Crippen LogP) is 5.87. The van der Waals surface area contributed by atoms with Crippen molar-refractivity contribution in [2.75, 3.05) is 0 Å². The molecule has 0 atom stereocenters. The van der Waals surface area contributed by atoms with Gasteiger partial charge >= 0.3 is 0 Å². The maximum absolute atomic E-state index is 13.6. The molecule has 0 aliphatic heterocycles. The summed E-state index contributed by atoms with van der Waals surface area (Å²) in [6.45, 7) is 1.82. The summed E-state index contributed by atoms with van der Waals surface area (Å²) in [5.74, 6) is 0.196. The van der Waals surface area contributed by atoms with E-state index in [9.17, 15) is 4.39 Å². The Morgan fingerprint density at radius 3 is 2.81 bits per heavy atom. The Hall–Kier alpha value is -1.23. The van der Waals surface area contributed by atoms with E-state index in [1.165, 1.54) is 17.8 Å². The van der Waals surface area contributed by atoms with Crippen LogP contribution in [0.15, 0.2) is 40.0 Å². The first-order valence-corrected chi connectivity index (χ1v) is 7.91. The van der Waals surface area contributed by atoms with E-state index in [1.807, 2.05) is 6.92 Å². The van der Waals surface area contributed by atoms with Crippen LogP contribution in [0.1, 0.15) is 11.1 Å². The van der Waals surface area contributed by atoms with E-state index >= 15 is 0 Å². The number of hydrogen-bond acceptors (Lipinski definition) is 3. The van der Waals surface area contributed by atoms with Gasteiger partial charge in [0, 0.05) is 10.8 Å². The third kappa shape index (κ3) is 2.89. The second-order valence-corrected chi connectivity index (χ2v) is 6.22. The second-order valence-electron chi connectivity index (χ2n) is 4.51. The van der Waals surface area contributed by atoms with Gasteiger partial charge in [0.2, 0.25) is 0 Å². The number of fused-ring (bicyclic) bond motifs is 1. The highest BCUT2D eigenvalue weighted by Crippen LogP contribution is 2.35. The summed E-state index contributed by atoms with van der Waals surface area (Å²) in [7, 11) is 0. The van der Waals surface area contributed by atoms with Crippen LogP contribution in [-0.4, -0.2) is 4.98 Å². The maximum Gasteiger partial charge on any atom is 0.257 e. The third-order valence-corrected chi connectivity index (χ3v) is 4.82. The monoisotopic (exact) mass is 341 g/mol. The molecule has 0 spiro atoms. The first-order valence-electron chi connectivity index (χ1n) is 6.17. The number of benzene rings is 2. The lowest BCUT2D eigenvalue weighted by molar-refractivity contribution is 0.489. The number of oxazole rings is 1. The van der Waals surface area contributed by atoms with Crippen molar-refractivity contribution < 1.29 is 8.81 Å². The van der Waals surface area contributed by atoms with Crippen LogP contribution in [0.5, 0.6) is 0 Å².